The number of benzene rings is 2. The van der Waals surface area contributed by atoms with Gasteiger partial charge in [0.05, 0.1) is 21.0 Å². The summed E-state index contributed by atoms with van der Waals surface area (Å²) in [5.74, 6) is 0. The maximum atomic E-state index is 4.30. The van der Waals surface area contributed by atoms with Gasteiger partial charge in [0.25, 0.3) is 0 Å². The molecule has 1 heterocycles. The van der Waals surface area contributed by atoms with Crippen LogP contribution in [0.3, 0.4) is 0 Å². The summed E-state index contributed by atoms with van der Waals surface area (Å²) < 4.78 is 2.25. The SMILES string of the molecule is C=C(C)[SiH2]C(c1ccccc1)(c1ccccc1)n1ccnc1. The molecule has 2 nitrogen and oxygen atoms in total. The lowest BCUT2D eigenvalue weighted by Crippen LogP contribution is -2.42. The second-order valence-electron chi connectivity index (χ2n) is 5.70. The van der Waals surface area contributed by atoms with Crippen LogP contribution in [0.15, 0.2) is 91.2 Å². The van der Waals surface area contributed by atoms with Crippen LogP contribution < -0.4 is 0 Å². The molecule has 0 atom stereocenters. The number of aromatic nitrogens is 2. The standard InChI is InChI=1S/C19H20N2Si/c1-16(2)22-19(21-14-13-20-15-21,17-9-5-3-6-10-17)18-11-7-4-8-12-18/h3-15H,1,22H2,2H3. The summed E-state index contributed by atoms with van der Waals surface area (Å²) in [6.07, 6.45) is 5.85. The first-order valence-electron chi connectivity index (χ1n) is 7.47. The van der Waals surface area contributed by atoms with Crippen LogP contribution in [0.4, 0.5) is 0 Å². The third-order valence-electron chi connectivity index (χ3n) is 4.01. The molecule has 0 bridgehead atoms. The lowest BCUT2D eigenvalue weighted by atomic mass is 9.97. The number of hydrogen-bond donors (Lipinski definition) is 0. The largest absolute Gasteiger partial charge is 0.326 e. The van der Waals surface area contributed by atoms with Gasteiger partial charge in [-0.3, -0.25) is 0 Å². The number of allylic oxidation sites excluding steroid dienone is 1. The Morgan fingerprint density at radius 3 is 1.95 bits per heavy atom. The van der Waals surface area contributed by atoms with E-state index in [0.29, 0.717) is 0 Å². The quantitative estimate of drug-likeness (QED) is 0.661. The van der Waals surface area contributed by atoms with Gasteiger partial charge in [0.2, 0.25) is 0 Å². The maximum Gasteiger partial charge on any atom is 0.0954 e. The highest BCUT2D eigenvalue weighted by molar-refractivity contribution is 6.50. The molecule has 0 N–H and O–H groups in total. The van der Waals surface area contributed by atoms with E-state index in [2.05, 4.69) is 89.9 Å². The highest BCUT2D eigenvalue weighted by Gasteiger charge is 2.36. The molecule has 0 fully saturated rings. The van der Waals surface area contributed by atoms with Gasteiger partial charge >= 0.3 is 0 Å². The predicted molar refractivity (Wildman–Crippen MR) is 94.6 cm³/mol. The number of nitrogens with zero attached hydrogens (tertiary/aromatic N) is 2. The van der Waals surface area contributed by atoms with Crippen LogP contribution in [-0.4, -0.2) is 19.1 Å². The van der Waals surface area contributed by atoms with Crippen LogP contribution in [-0.2, 0) is 5.16 Å². The zero-order chi connectivity index (χ0) is 15.4. The number of rotatable bonds is 5. The van der Waals surface area contributed by atoms with Gasteiger partial charge in [0.15, 0.2) is 0 Å². The van der Waals surface area contributed by atoms with Gasteiger partial charge in [-0.2, -0.15) is 0 Å². The van der Waals surface area contributed by atoms with Crippen molar-refractivity contribution in [1.29, 1.82) is 0 Å². The molecule has 1 aromatic heterocycles. The van der Waals surface area contributed by atoms with Gasteiger partial charge < -0.3 is 4.57 Å². The zero-order valence-electron chi connectivity index (χ0n) is 12.8. The van der Waals surface area contributed by atoms with Gasteiger partial charge in [0.1, 0.15) is 0 Å². The first-order chi connectivity index (χ1) is 10.7. The Bertz CT molecular complexity index is 694. The molecule has 0 aliphatic carbocycles. The Morgan fingerprint density at radius 1 is 1.00 bits per heavy atom. The average molecular weight is 304 g/mol. The number of hydrogen-bond acceptors (Lipinski definition) is 1. The van der Waals surface area contributed by atoms with E-state index in [9.17, 15) is 0 Å². The molecule has 3 rings (SSSR count). The molecule has 3 aromatic rings. The van der Waals surface area contributed by atoms with E-state index in [1.54, 1.807) is 0 Å². The van der Waals surface area contributed by atoms with E-state index >= 15 is 0 Å². The molecule has 0 aliphatic heterocycles. The summed E-state index contributed by atoms with van der Waals surface area (Å²) in [7, 11) is -0.684. The molecule has 2 aromatic carbocycles. The molecule has 0 aliphatic rings. The topological polar surface area (TPSA) is 17.8 Å². The Labute approximate surface area is 134 Å². The molecule has 0 saturated carbocycles. The Hall–Kier alpha value is -2.39. The Morgan fingerprint density at radius 2 is 1.55 bits per heavy atom. The molecule has 110 valence electrons. The summed E-state index contributed by atoms with van der Waals surface area (Å²) in [6.45, 7) is 6.37. The van der Waals surface area contributed by atoms with Gasteiger partial charge in [0, 0.05) is 12.4 Å². The van der Waals surface area contributed by atoms with Crippen molar-refractivity contribution < 1.29 is 0 Å². The minimum atomic E-state index is -0.684. The van der Waals surface area contributed by atoms with Crippen molar-refractivity contribution in [3.8, 4) is 0 Å². The highest BCUT2D eigenvalue weighted by Crippen LogP contribution is 2.34. The van der Waals surface area contributed by atoms with Crippen molar-refractivity contribution >= 4 is 9.52 Å². The first-order valence-corrected chi connectivity index (χ1v) is 8.89. The van der Waals surface area contributed by atoms with Gasteiger partial charge in [-0.1, -0.05) is 65.9 Å². The molecule has 0 amide bonds. The van der Waals surface area contributed by atoms with Crippen molar-refractivity contribution in [2.24, 2.45) is 0 Å². The van der Waals surface area contributed by atoms with Crippen molar-refractivity contribution in [1.82, 2.24) is 9.55 Å². The molecule has 3 heteroatoms. The molecular formula is C19H20N2Si. The summed E-state index contributed by atoms with van der Waals surface area (Å²) in [5, 5.41) is 1.10. The fourth-order valence-electron chi connectivity index (χ4n) is 3.11. The summed E-state index contributed by atoms with van der Waals surface area (Å²) >= 11 is 0. The second kappa shape index (κ2) is 6.16. The van der Waals surface area contributed by atoms with Crippen molar-refractivity contribution in [2.75, 3.05) is 0 Å². The monoisotopic (exact) mass is 304 g/mol. The van der Waals surface area contributed by atoms with E-state index in [4.69, 9.17) is 0 Å². The highest BCUT2D eigenvalue weighted by atomic mass is 28.2. The van der Waals surface area contributed by atoms with Crippen LogP contribution >= 0.6 is 0 Å². The van der Waals surface area contributed by atoms with E-state index in [-0.39, 0.29) is 5.16 Å². The molecule has 0 unspecified atom stereocenters. The second-order valence-corrected chi connectivity index (χ2v) is 8.28. The summed E-state index contributed by atoms with van der Waals surface area (Å²) in [6, 6.07) is 21.4. The van der Waals surface area contributed by atoms with Crippen LogP contribution in [0.25, 0.3) is 0 Å². The normalized spacial score (nSPS) is 11.9. The zero-order valence-corrected chi connectivity index (χ0v) is 14.2. The van der Waals surface area contributed by atoms with Gasteiger partial charge in [-0.05, 0) is 18.1 Å². The fourth-order valence-corrected chi connectivity index (χ4v) is 5.23. The lowest BCUT2D eigenvalue weighted by Gasteiger charge is -2.37. The van der Waals surface area contributed by atoms with E-state index in [1.165, 1.54) is 16.3 Å². The van der Waals surface area contributed by atoms with Crippen molar-refractivity contribution in [2.45, 2.75) is 12.1 Å². The molecule has 0 saturated heterocycles. The summed E-state index contributed by atoms with van der Waals surface area (Å²) in [5.41, 5.74) is 2.60. The van der Waals surface area contributed by atoms with Crippen molar-refractivity contribution in [3.63, 3.8) is 0 Å². The van der Waals surface area contributed by atoms with Gasteiger partial charge in [-0.15, -0.1) is 6.58 Å². The van der Waals surface area contributed by atoms with E-state index in [0.717, 1.165) is 0 Å². The van der Waals surface area contributed by atoms with E-state index in [1.807, 2.05) is 12.5 Å². The van der Waals surface area contributed by atoms with Crippen LogP contribution in [0.5, 0.6) is 0 Å². The van der Waals surface area contributed by atoms with Crippen LogP contribution in [0.1, 0.15) is 18.1 Å². The Kier molecular flexibility index (Phi) is 4.07. The maximum absolute atomic E-state index is 4.30. The van der Waals surface area contributed by atoms with Crippen LogP contribution in [0.2, 0.25) is 0 Å². The Balaban J connectivity index is 2.30. The van der Waals surface area contributed by atoms with E-state index < -0.39 is 9.52 Å². The molecule has 22 heavy (non-hydrogen) atoms. The number of imidazole rings is 1. The van der Waals surface area contributed by atoms with Crippen LogP contribution in [0, 0.1) is 0 Å². The van der Waals surface area contributed by atoms with Gasteiger partial charge in [-0.25, -0.2) is 4.98 Å². The average Bonchev–Trinajstić information content (AvgIpc) is 3.09. The smallest absolute Gasteiger partial charge is 0.0954 e. The predicted octanol–water partition coefficient (Wildman–Crippen LogP) is 3.33. The minimum absolute atomic E-state index is 0.176. The third-order valence-corrected chi connectivity index (χ3v) is 6.30. The molecular weight excluding hydrogens is 284 g/mol. The molecule has 0 radical (unpaired) electrons. The summed E-state index contributed by atoms with van der Waals surface area (Å²) in [4.78, 5) is 4.30. The van der Waals surface area contributed by atoms with Crippen molar-refractivity contribution in [3.05, 3.63) is 102 Å². The lowest BCUT2D eigenvalue weighted by molar-refractivity contribution is 0.595. The third kappa shape index (κ3) is 2.55. The molecule has 0 spiro atoms. The first kappa shape index (κ1) is 14.5. The fraction of sp³-hybridized carbons (Fsp3) is 0.105. The minimum Gasteiger partial charge on any atom is -0.326 e.